The summed E-state index contributed by atoms with van der Waals surface area (Å²) in [6, 6.07) is 5.75. The number of rotatable bonds is 6. The van der Waals surface area contributed by atoms with Gasteiger partial charge in [0.15, 0.2) is 6.61 Å². The highest BCUT2D eigenvalue weighted by Gasteiger charge is 2.29. The van der Waals surface area contributed by atoms with E-state index in [2.05, 4.69) is 5.32 Å². The van der Waals surface area contributed by atoms with Crippen molar-refractivity contribution in [2.75, 3.05) is 20.2 Å². The van der Waals surface area contributed by atoms with E-state index in [-0.39, 0.29) is 18.4 Å². The van der Waals surface area contributed by atoms with Gasteiger partial charge in [0, 0.05) is 19.6 Å². The Morgan fingerprint density at radius 3 is 2.71 bits per heavy atom. The summed E-state index contributed by atoms with van der Waals surface area (Å²) in [4.78, 5) is 25.8. The van der Waals surface area contributed by atoms with Crippen LogP contribution in [-0.4, -0.2) is 43.0 Å². The van der Waals surface area contributed by atoms with E-state index in [1.807, 2.05) is 26.0 Å². The lowest BCUT2D eigenvalue weighted by molar-refractivity contribution is -0.132. The molecule has 21 heavy (non-hydrogen) atoms. The first-order chi connectivity index (χ1) is 10.0. The van der Waals surface area contributed by atoms with E-state index >= 15 is 0 Å². The molecule has 0 bridgehead atoms. The minimum absolute atomic E-state index is 0.0374. The summed E-state index contributed by atoms with van der Waals surface area (Å²) in [7, 11) is 1.80. The Balaban J connectivity index is 2.07. The Morgan fingerprint density at radius 1 is 1.38 bits per heavy atom. The Kier molecular flexibility index (Phi) is 4.83. The van der Waals surface area contributed by atoms with Gasteiger partial charge in [0.05, 0.1) is 5.56 Å². The van der Waals surface area contributed by atoms with Gasteiger partial charge < -0.3 is 15.0 Å². The highest BCUT2D eigenvalue weighted by Crippen LogP contribution is 2.26. The molecule has 0 saturated heterocycles. The molecule has 0 unspecified atom stereocenters. The predicted octanol–water partition coefficient (Wildman–Crippen LogP) is 1.74. The lowest BCUT2D eigenvalue weighted by Crippen LogP contribution is -2.33. The summed E-state index contributed by atoms with van der Waals surface area (Å²) in [5.41, 5.74) is 1.32. The van der Waals surface area contributed by atoms with Crippen molar-refractivity contribution in [2.45, 2.75) is 32.7 Å². The summed E-state index contributed by atoms with van der Waals surface area (Å²) in [6.45, 7) is 4.25. The molecule has 0 aliphatic heterocycles. The number of ether oxygens (including phenoxy) is 1. The number of nitrogens with one attached hydrogen (secondary N) is 1. The largest absolute Gasteiger partial charge is 0.483 e. The first-order valence-corrected chi connectivity index (χ1v) is 7.30. The number of hydrogen-bond donors (Lipinski definition) is 1. The summed E-state index contributed by atoms with van der Waals surface area (Å²) in [5.74, 6) is 0.253. The normalized spacial score (nSPS) is 13.7. The third-order valence-corrected chi connectivity index (χ3v) is 3.62. The Bertz CT molecular complexity index is 538. The maximum atomic E-state index is 12.0. The van der Waals surface area contributed by atoms with Crippen LogP contribution >= 0.6 is 0 Å². The van der Waals surface area contributed by atoms with Crippen LogP contribution in [-0.2, 0) is 4.79 Å². The standard InChI is InChI=1S/C16H22N2O3/c1-4-17-16(20)13-7-5-6-11(2)15(13)21-10-14(19)18(3)12-8-9-12/h5-7,12H,4,8-10H2,1-3H3,(H,17,20). The molecule has 5 heteroatoms. The smallest absolute Gasteiger partial charge is 0.260 e. The summed E-state index contributed by atoms with van der Waals surface area (Å²) in [5, 5.41) is 2.75. The molecule has 0 aromatic heterocycles. The average Bonchev–Trinajstić information content (AvgIpc) is 3.29. The molecule has 1 aromatic rings. The lowest BCUT2D eigenvalue weighted by atomic mass is 10.1. The van der Waals surface area contributed by atoms with Gasteiger partial charge in [-0.1, -0.05) is 12.1 Å². The van der Waals surface area contributed by atoms with Gasteiger partial charge in [0.1, 0.15) is 5.75 Å². The number of hydrogen-bond acceptors (Lipinski definition) is 3. The van der Waals surface area contributed by atoms with Crippen LogP contribution in [0.1, 0.15) is 35.7 Å². The maximum absolute atomic E-state index is 12.0. The van der Waals surface area contributed by atoms with Gasteiger partial charge in [0.2, 0.25) is 0 Å². The zero-order valence-corrected chi connectivity index (χ0v) is 12.8. The van der Waals surface area contributed by atoms with Gasteiger partial charge in [-0.05, 0) is 38.3 Å². The van der Waals surface area contributed by atoms with Gasteiger partial charge in [0.25, 0.3) is 11.8 Å². The van der Waals surface area contributed by atoms with E-state index in [9.17, 15) is 9.59 Å². The average molecular weight is 290 g/mol. The van der Waals surface area contributed by atoms with Crippen LogP contribution in [0.5, 0.6) is 5.75 Å². The first-order valence-electron chi connectivity index (χ1n) is 7.30. The van der Waals surface area contributed by atoms with Gasteiger partial charge in [-0.25, -0.2) is 0 Å². The monoisotopic (exact) mass is 290 g/mol. The second-order valence-electron chi connectivity index (χ2n) is 5.34. The van der Waals surface area contributed by atoms with Gasteiger partial charge >= 0.3 is 0 Å². The maximum Gasteiger partial charge on any atom is 0.260 e. The molecule has 1 saturated carbocycles. The zero-order valence-electron chi connectivity index (χ0n) is 12.8. The Labute approximate surface area is 125 Å². The number of aryl methyl sites for hydroxylation is 1. The SMILES string of the molecule is CCNC(=O)c1cccc(C)c1OCC(=O)N(C)C1CC1. The number of benzene rings is 1. The van der Waals surface area contributed by atoms with E-state index < -0.39 is 0 Å². The van der Waals surface area contributed by atoms with Gasteiger partial charge in [-0.3, -0.25) is 9.59 Å². The molecular weight excluding hydrogens is 268 g/mol. The highest BCUT2D eigenvalue weighted by atomic mass is 16.5. The lowest BCUT2D eigenvalue weighted by Gasteiger charge is -2.18. The second-order valence-corrected chi connectivity index (χ2v) is 5.34. The van der Waals surface area contributed by atoms with Crippen molar-refractivity contribution < 1.29 is 14.3 Å². The molecule has 2 amide bonds. The van der Waals surface area contributed by atoms with Crippen LogP contribution in [0.3, 0.4) is 0 Å². The molecule has 1 fully saturated rings. The topological polar surface area (TPSA) is 58.6 Å². The predicted molar refractivity (Wildman–Crippen MR) is 80.5 cm³/mol. The summed E-state index contributed by atoms with van der Waals surface area (Å²) >= 11 is 0. The molecule has 0 heterocycles. The number of para-hydroxylation sites is 1. The van der Waals surface area contributed by atoms with Crippen LogP contribution in [0.15, 0.2) is 18.2 Å². The van der Waals surface area contributed by atoms with E-state index in [0.29, 0.717) is 23.9 Å². The number of carbonyl (C=O) groups is 2. The Hall–Kier alpha value is -2.04. The summed E-state index contributed by atoms with van der Waals surface area (Å²) < 4.78 is 5.64. The van der Waals surface area contributed by atoms with Gasteiger partial charge in [-0.15, -0.1) is 0 Å². The van der Waals surface area contributed by atoms with Crippen LogP contribution in [0.4, 0.5) is 0 Å². The molecular formula is C16H22N2O3. The Morgan fingerprint density at radius 2 is 2.10 bits per heavy atom. The molecule has 1 aromatic carbocycles. The van der Waals surface area contributed by atoms with Gasteiger partial charge in [-0.2, -0.15) is 0 Å². The fourth-order valence-corrected chi connectivity index (χ4v) is 2.18. The van der Waals surface area contributed by atoms with Crippen molar-refractivity contribution >= 4 is 11.8 Å². The van der Waals surface area contributed by atoms with Crippen molar-refractivity contribution in [1.29, 1.82) is 0 Å². The van der Waals surface area contributed by atoms with Crippen molar-refractivity contribution in [3.05, 3.63) is 29.3 Å². The molecule has 1 aliphatic carbocycles. The van der Waals surface area contributed by atoms with Crippen LogP contribution in [0.2, 0.25) is 0 Å². The molecule has 114 valence electrons. The van der Waals surface area contributed by atoms with Crippen molar-refractivity contribution in [2.24, 2.45) is 0 Å². The minimum atomic E-state index is -0.181. The van der Waals surface area contributed by atoms with E-state index in [1.54, 1.807) is 18.0 Å². The van der Waals surface area contributed by atoms with E-state index in [1.165, 1.54) is 0 Å². The molecule has 0 radical (unpaired) electrons. The van der Waals surface area contributed by atoms with Crippen LogP contribution in [0, 0.1) is 6.92 Å². The second kappa shape index (κ2) is 6.61. The van der Waals surface area contributed by atoms with Crippen LogP contribution < -0.4 is 10.1 Å². The zero-order chi connectivity index (χ0) is 15.4. The molecule has 0 spiro atoms. The molecule has 2 rings (SSSR count). The fourth-order valence-electron chi connectivity index (χ4n) is 2.18. The number of carbonyl (C=O) groups excluding carboxylic acids is 2. The number of amides is 2. The quantitative estimate of drug-likeness (QED) is 0.868. The van der Waals surface area contributed by atoms with Crippen molar-refractivity contribution in [3.8, 4) is 5.75 Å². The third kappa shape index (κ3) is 3.74. The molecule has 1 N–H and O–H groups in total. The van der Waals surface area contributed by atoms with Crippen LogP contribution in [0.25, 0.3) is 0 Å². The minimum Gasteiger partial charge on any atom is -0.483 e. The highest BCUT2D eigenvalue weighted by molar-refractivity contribution is 5.97. The van der Waals surface area contributed by atoms with E-state index in [4.69, 9.17) is 4.74 Å². The summed E-state index contributed by atoms with van der Waals surface area (Å²) in [6.07, 6.45) is 2.13. The fraction of sp³-hybridized carbons (Fsp3) is 0.500. The molecule has 0 atom stereocenters. The number of nitrogens with zero attached hydrogens (tertiary/aromatic N) is 1. The third-order valence-electron chi connectivity index (χ3n) is 3.62. The number of likely N-dealkylation sites (N-methyl/N-ethyl adjacent to an activating group) is 1. The van der Waals surface area contributed by atoms with E-state index in [0.717, 1.165) is 18.4 Å². The molecule has 1 aliphatic rings. The van der Waals surface area contributed by atoms with Crippen molar-refractivity contribution in [3.63, 3.8) is 0 Å². The molecule has 5 nitrogen and oxygen atoms in total. The van der Waals surface area contributed by atoms with Crippen molar-refractivity contribution in [1.82, 2.24) is 10.2 Å². The first kappa shape index (κ1) is 15.4.